The van der Waals surface area contributed by atoms with Crippen molar-refractivity contribution < 1.29 is 4.39 Å². The Morgan fingerprint density at radius 3 is 2.90 bits per heavy atom. The molecule has 0 saturated carbocycles. The van der Waals surface area contributed by atoms with Crippen LogP contribution in [0.4, 0.5) is 4.39 Å². The Hall–Kier alpha value is -3.38. The molecule has 0 amide bonds. The Bertz CT molecular complexity index is 1460. The molecule has 0 saturated heterocycles. The normalized spacial score (nSPS) is 14.3. The Balaban J connectivity index is 1.75. The number of fused-ring (bicyclic) bond motifs is 2. The van der Waals surface area contributed by atoms with E-state index in [9.17, 15) is 9.18 Å². The molecule has 0 atom stereocenters. The molecule has 1 aliphatic heterocycles. The third kappa shape index (κ3) is 3.09. The zero-order valence-corrected chi connectivity index (χ0v) is 17.1. The molecule has 3 heterocycles. The van der Waals surface area contributed by atoms with Crippen LogP contribution in [0.2, 0.25) is 0 Å². The monoisotopic (exact) mass is 415 g/mol. The largest absolute Gasteiger partial charge is 0.322 e. The van der Waals surface area contributed by atoms with Gasteiger partial charge in [-0.25, -0.2) is 9.37 Å². The van der Waals surface area contributed by atoms with E-state index in [4.69, 9.17) is 4.98 Å². The number of pyridine rings is 1. The number of benzene rings is 2. The van der Waals surface area contributed by atoms with Crippen LogP contribution >= 0.6 is 11.8 Å². The molecule has 6 heteroatoms. The maximum Gasteiger partial charge on any atom is 0.248 e. The van der Waals surface area contributed by atoms with E-state index < -0.39 is 0 Å². The third-order valence-corrected chi connectivity index (χ3v) is 6.35. The third-order valence-electron chi connectivity index (χ3n) is 5.35. The topological polar surface area (TPSA) is 50.7 Å². The van der Waals surface area contributed by atoms with E-state index in [1.54, 1.807) is 23.9 Å². The van der Waals surface area contributed by atoms with Gasteiger partial charge in [-0.3, -0.25) is 4.79 Å². The fraction of sp³-hybridized carbons (Fsp3) is 0.0833. The maximum absolute atomic E-state index is 13.7. The highest BCUT2D eigenvalue weighted by atomic mass is 32.2. The second kappa shape index (κ2) is 7.15. The van der Waals surface area contributed by atoms with Crippen LogP contribution in [0.25, 0.3) is 26.8 Å². The molecule has 0 fully saturated rings. The highest BCUT2D eigenvalue weighted by Crippen LogP contribution is 2.39. The van der Waals surface area contributed by atoms with Crippen molar-refractivity contribution in [1.29, 1.82) is 0 Å². The summed E-state index contributed by atoms with van der Waals surface area (Å²) in [5.41, 5.74) is 4.94. The summed E-state index contributed by atoms with van der Waals surface area (Å²) in [4.78, 5) is 20.9. The molecule has 148 valence electrons. The number of imidazole rings is 1. The fourth-order valence-electron chi connectivity index (χ4n) is 3.78. The number of aromatic amines is 1. The summed E-state index contributed by atoms with van der Waals surface area (Å²) in [7, 11) is 0. The number of aromatic nitrogens is 3. The van der Waals surface area contributed by atoms with Crippen molar-refractivity contribution in [3.63, 3.8) is 0 Å². The molecule has 30 heavy (non-hydrogen) atoms. The predicted molar refractivity (Wildman–Crippen MR) is 122 cm³/mol. The number of thioether (sulfide) groups is 1. The van der Waals surface area contributed by atoms with Gasteiger partial charge in [0.2, 0.25) is 5.56 Å². The van der Waals surface area contributed by atoms with E-state index in [1.165, 1.54) is 12.1 Å². The van der Waals surface area contributed by atoms with E-state index in [1.807, 2.05) is 42.7 Å². The molecule has 0 bridgehead atoms. The second-order valence-electron chi connectivity index (χ2n) is 7.26. The Labute approximate surface area is 176 Å². The van der Waals surface area contributed by atoms with Crippen LogP contribution in [0.15, 0.2) is 82.5 Å². The van der Waals surface area contributed by atoms with Gasteiger partial charge in [0.15, 0.2) is 0 Å². The lowest BCUT2D eigenvalue weighted by molar-refractivity contribution is 0.629. The number of hydrogen-bond acceptors (Lipinski definition) is 3. The first-order valence-corrected chi connectivity index (χ1v) is 10.4. The minimum absolute atomic E-state index is 0.257. The highest BCUT2D eigenvalue weighted by molar-refractivity contribution is 8.11. The van der Waals surface area contributed by atoms with Gasteiger partial charge < -0.3 is 9.55 Å². The lowest BCUT2D eigenvalue weighted by atomic mass is 10.1. The molecule has 1 aliphatic rings. The van der Waals surface area contributed by atoms with Gasteiger partial charge in [-0.1, -0.05) is 30.5 Å². The summed E-state index contributed by atoms with van der Waals surface area (Å²) < 4.78 is 15.8. The Kier molecular flexibility index (Phi) is 4.44. The van der Waals surface area contributed by atoms with Crippen molar-refractivity contribution in [2.75, 3.05) is 0 Å². The average molecular weight is 415 g/mol. The molecular formula is C24H18FN3OS. The number of nitrogens with one attached hydrogen (secondary N) is 1. The van der Waals surface area contributed by atoms with Crippen LogP contribution in [-0.2, 0) is 6.54 Å². The molecule has 0 unspecified atom stereocenters. The quantitative estimate of drug-likeness (QED) is 0.473. The summed E-state index contributed by atoms with van der Waals surface area (Å²) in [6, 6.07) is 14.0. The van der Waals surface area contributed by atoms with Crippen LogP contribution in [0, 0.1) is 5.82 Å². The number of allylic oxidation sites excluding steroid dienone is 3. The summed E-state index contributed by atoms with van der Waals surface area (Å²) in [5.74, 6) is 0.452. The zero-order chi connectivity index (χ0) is 20.8. The van der Waals surface area contributed by atoms with Crippen molar-refractivity contribution in [2.24, 2.45) is 0 Å². The summed E-state index contributed by atoms with van der Waals surface area (Å²) in [6.07, 6.45) is 2.00. The van der Waals surface area contributed by atoms with Gasteiger partial charge in [-0.05, 0) is 65.4 Å². The van der Waals surface area contributed by atoms with Gasteiger partial charge in [-0.2, -0.15) is 0 Å². The van der Waals surface area contributed by atoms with Gasteiger partial charge in [0.05, 0.1) is 28.0 Å². The number of para-hydroxylation sites is 2. The minimum atomic E-state index is -0.381. The van der Waals surface area contributed by atoms with Crippen LogP contribution in [0.1, 0.15) is 18.3 Å². The van der Waals surface area contributed by atoms with Crippen molar-refractivity contribution in [2.45, 2.75) is 13.5 Å². The van der Waals surface area contributed by atoms with Gasteiger partial charge in [0.1, 0.15) is 11.6 Å². The van der Waals surface area contributed by atoms with Crippen LogP contribution in [0.5, 0.6) is 0 Å². The van der Waals surface area contributed by atoms with E-state index in [2.05, 4.69) is 16.1 Å². The SMILES string of the molecule is C=C1C=CSC(c2nc3ccccc3n2Cc2cc(=O)[nH]c3cc(F)ccc23)=C1C. The van der Waals surface area contributed by atoms with Crippen molar-refractivity contribution >= 4 is 38.6 Å². The number of nitrogens with zero attached hydrogens (tertiary/aromatic N) is 2. The first-order chi connectivity index (χ1) is 14.5. The summed E-state index contributed by atoms with van der Waals surface area (Å²) >= 11 is 1.61. The Morgan fingerprint density at radius 1 is 1.20 bits per heavy atom. The lowest BCUT2D eigenvalue weighted by Gasteiger charge is -2.17. The first kappa shape index (κ1) is 18.6. The van der Waals surface area contributed by atoms with Crippen LogP contribution in [0.3, 0.4) is 0 Å². The number of halogens is 1. The molecule has 5 rings (SSSR count). The van der Waals surface area contributed by atoms with Gasteiger partial charge in [0, 0.05) is 11.5 Å². The number of rotatable bonds is 3. The lowest BCUT2D eigenvalue weighted by Crippen LogP contribution is -2.11. The standard InChI is InChI=1S/C24H18FN3OS/c1-14-9-10-30-23(15(14)2)24-27-19-5-3-4-6-21(19)28(24)13-16-11-22(29)26-20-12-17(25)7-8-18(16)20/h3-12H,1,13H2,2H3,(H,26,29). The van der Waals surface area contributed by atoms with Crippen molar-refractivity contribution in [3.05, 3.63) is 105 Å². The molecule has 0 spiro atoms. The zero-order valence-electron chi connectivity index (χ0n) is 16.3. The molecule has 0 aliphatic carbocycles. The van der Waals surface area contributed by atoms with Gasteiger partial charge >= 0.3 is 0 Å². The smallest absolute Gasteiger partial charge is 0.248 e. The first-order valence-electron chi connectivity index (χ1n) is 9.52. The maximum atomic E-state index is 13.7. The van der Waals surface area contributed by atoms with Crippen LogP contribution in [-0.4, -0.2) is 14.5 Å². The molecule has 1 N–H and O–H groups in total. The fourth-order valence-corrected chi connectivity index (χ4v) is 4.72. The van der Waals surface area contributed by atoms with E-state index in [0.29, 0.717) is 12.1 Å². The van der Waals surface area contributed by atoms with E-state index in [-0.39, 0.29) is 11.4 Å². The highest BCUT2D eigenvalue weighted by Gasteiger charge is 2.20. The second-order valence-corrected chi connectivity index (χ2v) is 8.18. The summed E-state index contributed by atoms with van der Waals surface area (Å²) in [6.45, 7) is 6.61. The average Bonchev–Trinajstić information content (AvgIpc) is 3.08. The van der Waals surface area contributed by atoms with Crippen LogP contribution < -0.4 is 5.56 Å². The molecule has 4 nitrogen and oxygen atoms in total. The van der Waals surface area contributed by atoms with Crippen molar-refractivity contribution in [3.8, 4) is 0 Å². The number of hydrogen-bond donors (Lipinski definition) is 1. The molecule has 4 aromatic rings. The predicted octanol–water partition coefficient (Wildman–Crippen LogP) is 5.61. The van der Waals surface area contributed by atoms with Crippen molar-refractivity contribution in [1.82, 2.24) is 14.5 Å². The molecule has 0 radical (unpaired) electrons. The molecular weight excluding hydrogens is 397 g/mol. The minimum Gasteiger partial charge on any atom is -0.322 e. The Morgan fingerprint density at radius 2 is 2.03 bits per heavy atom. The van der Waals surface area contributed by atoms with E-state index >= 15 is 0 Å². The summed E-state index contributed by atoms with van der Waals surface area (Å²) in [5, 5.41) is 2.82. The van der Waals surface area contributed by atoms with E-state index in [0.717, 1.165) is 43.9 Å². The number of H-pyrrole nitrogens is 1. The molecule has 2 aromatic carbocycles. The van der Waals surface area contributed by atoms with Gasteiger partial charge in [0.25, 0.3) is 0 Å². The van der Waals surface area contributed by atoms with Gasteiger partial charge in [-0.15, -0.1) is 0 Å². The molecule has 2 aromatic heterocycles.